The van der Waals surface area contributed by atoms with Crippen LogP contribution in [0.4, 0.5) is 0 Å². The molecule has 4 aromatic rings. The Morgan fingerprint density at radius 2 is 1.43 bits per heavy atom. The summed E-state index contributed by atoms with van der Waals surface area (Å²) in [6.07, 6.45) is 1.24. The number of carbonyl (C=O) groups is 1. The molecule has 1 atom stereocenters. The third kappa shape index (κ3) is 4.52. The van der Waals surface area contributed by atoms with Gasteiger partial charge in [0.05, 0.1) is 13.2 Å². The normalized spacial score (nSPS) is 12.2. The number of benzene rings is 4. The number of methoxy groups -OCH3 is 2. The molecule has 152 valence electrons. The number of fused-ring (bicyclic) bond motifs is 2. The van der Waals surface area contributed by atoms with E-state index in [9.17, 15) is 4.79 Å². The second-order valence-corrected chi connectivity index (χ2v) is 7.67. The first-order valence-corrected chi connectivity index (χ1v) is 10.2. The van der Waals surface area contributed by atoms with Gasteiger partial charge in [-0.15, -0.1) is 0 Å². The number of hydrogen-bond donors (Lipinski definition) is 0. The van der Waals surface area contributed by atoms with Gasteiger partial charge in [-0.05, 0) is 44.8 Å². The van der Waals surface area contributed by atoms with E-state index in [4.69, 9.17) is 9.47 Å². The molecule has 0 aliphatic carbocycles. The summed E-state index contributed by atoms with van der Waals surface area (Å²) in [6, 6.07) is 26.8. The molecule has 0 bridgehead atoms. The molecule has 0 heterocycles. The number of carbonyl (C=O) groups excluding carboxylic acids is 1. The minimum atomic E-state index is -0.187. The van der Waals surface area contributed by atoms with Crippen LogP contribution in [-0.4, -0.2) is 26.1 Å². The minimum absolute atomic E-state index is 0.178. The second kappa shape index (κ2) is 9.10. The average molecular weight is 399 g/mol. The summed E-state index contributed by atoms with van der Waals surface area (Å²) >= 11 is 0. The van der Waals surface area contributed by atoms with Crippen LogP contribution in [0, 0.1) is 0 Å². The fourth-order valence-corrected chi connectivity index (χ4v) is 4.00. The second-order valence-electron chi connectivity index (χ2n) is 7.67. The van der Waals surface area contributed by atoms with Gasteiger partial charge in [-0.25, -0.2) is 0 Å². The van der Waals surface area contributed by atoms with Crippen molar-refractivity contribution < 1.29 is 14.3 Å². The van der Waals surface area contributed by atoms with Crippen LogP contribution < -0.4 is 4.74 Å². The lowest BCUT2D eigenvalue weighted by Gasteiger charge is -2.17. The van der Waals surface area contributed by atoms with E-state index < -0.39 is 0 Å². The third-order valence-electron chi connectivity index (χ3n) is 5.60. The van der Waals surface area contributed by atoms with Gasteiger partial charge >= 0.3 is 0 Å². The summed E-state index contributed by atoms with van der Waals surface area (Å²) in [5, 5.41) is 4.64. The third-order valence-corrected chi connectivity index (χ3v) is 5.60. The van der Waals surface area contributed by atoms with E-state index in [1.54, 1.807) is 14.2 Å². The van der Waals surface area contributed by atoms with E-state index in [1.807, 2.05) is 36.4 Å². The molecule has 0 aliphatic heterocycles. The monoisotopic (exact) mass is 398 g/mol. The van der Waals surface area contributed by atoms with Crippen LogP contribution >= 0.6 is 0 Å². The van der Waals surface area contributed by atoms with E-state index in [0.29, 0.717) is 19.3 Å². The average Bonchev–Trinajstić information content (AvgIpc) is 2.78. The standard InChI is InChI=1S/C27H26O3/c1-29-26(16-24-15-22-9-5-6-10-23(22)17-27(24)30-2)18-25(28)14-19-11-12-20-7-3-4-8-21(20)13-19/h3-13,15,17,26H,14,16,18H2,1-2H3. The maximum Gasteiger partial charge on any atom is 0.139 e. The van der Waals surface area contributed by atoms with Crippen molar-refractivity contribution in [3.63, 3.8) is 0 Å². The predicted octanol–water partition coefficient (Wildman–Crippen LogP) is 5.76. The van der Waals surface area contributed by atoms with Gasteiger partial charge in [-0.1, -0.05) is 66.7 Å². The molecule has 1 unspecified atom stereocenters. The quantitative estimate of drug-likeness (QED) is 0.378. The lowest BCUT2D eigenvalue weighted by Crippen LogP contribution is -2.20. The molecule has 4 rings (SSSR count). The van der Waals surface area contributed by atoms with E-state index >= 15 is 0 Å². The number of hydrogen-bond acceptors (Lipinski definition) is 3. The van der Waals surface area contributed by atoms with Crippen LogP contribution in [0.3, 0.4) is 0 Å². The van der Waals surface area contributed by atoms with E-state index in [0.717, 1.165) is 33.0 Å². The first kappa shape index (κ1) is 20.1. The summed E-state index contributed by atoms with van der Waals surface area (Å²) in [7, 11) is 3.35. The Kier molecular flexibility index (Phi) is 6.10. The molecule has 0 radical (unpaired) electrons. The van der Waals surface area contributed by atoms with Crippen molar-refractivity contribution in [2.24, 2.45) is 0 Å². The SMILES string of the molecule is COc1cc2ccccc2cc1CC(CC(=O)Cc1ccc2ccccc2c1)OC. The Morgan fingerprint density at radius 1 is 0.800 bits per heavy atom. The molecule has 0 amide bonds. The molecule has 0 N–H and O–H groups in total. The summed E-state index contributed by atoms with van der Waals surface area (Å²) in [6.45, 7) is 0. The Labute approximate surface area is 177 Å². The molecular weight excluding hydrogens is 372 g/mol. The van der Waals surface area contributed by atoms with Crippen molar-refractivity contribution in [2.45, 2.75) is 25.4 Å². The van der Waals surface area contributed by atoms with Crippen molar-refractivity contribution in [3.8, 4) is 5.75 Å². The lowest BCUT2D eigenvalue weighted by atomic mass is 9.97. The van der Waals surface area contributed by atoms with Crippen LogP contribution in [-0.2, 0) is 22.4 Å². The Balaban J connectivity index is 1.47. The van der Waals surface area contributed by atoms with Crippen molar-refractivity contribution in [3.05, 3.63) is 90.0 Å². The van der Waals surface area contributed by atoms with Gasteiger partial charge in [0, 0.05) is 26.4 Å². The smallest absolute Gasteiger partial charge is 0.139 e. The summed E-state index contributed by atoms with van der Waals surface area (Å²) in [4.78, 5) is 12.8. The maximum absolute atomic E-state index is 12.8. The van der Waals surface area contributed by atoms with Crippen molar-refractivity contribution in [2.75, 3.05) is 14.2 Å². The van der Waals surface area contributed by atoms with Crippen LogP contribution in [0.25, 0.3) is 21.5 Å². The number of rotatable bonds is 8. The zero-order chi connectivity index (χ0) is 20.9. The molecule has 30 heavy (non-hydrogen) atoms. The van der Waals surface area contributed by atoms with Crippen molar-refractivity contribution in [1.29, 1.82) is 0 Å². The number of ketones is 1. The van der Waals surface area contributed by atoms with E-state index in [-0.39, 0.29) is 11.9 Å². The maximum atomic E-state index is 12.8. The van der Waals surface area contributed by atoms with Crippen LogP contribution in [0.15, 0.2) is 78.9 Å². The Hall–Kier alpha value is -3.17. The number of ether oxygens (including phenoxy) is 2. The molecule has 0 aliphatic rings. The lowest BCUT2D eigenvalue weighted by molar-refractivity contribution is -0.120. The van der Waals surface area contributed by atoms with Crippen LogP contribution in [0.5, 0.6) is 5.75 Å². The van der Waals surface area contributed by atoms with Gasteiger partial charge in [0.1, 0.15) is 11.5 Å². The first-order valence-electron chi connectivity index (χ1n) is 10.2. The van der Waals surface area contributed by atoms with Crippen molar-refractivity contribution in [1.82, 2.24) is 0 Å². The zero-order valence-electron chi connectivity index (χ0n) is 17.4. The highest BCUT2D eigenvalue weighted by Crippen LogP contribution is 2.28. The van der Waals surface area contributed by atoms with Gasteiger partial charge in [-0.2, -0.15) is 0 Å². The minimum Gasteiger partial charge on any atom is -0.496 e. The van der Waals surface area contributed by atoms with Gasteiger partial charge in [0.15, 0.2) is 0 Å². The zero-order valence-corrected chi connectivity index (χ0v) is 17.4. The van der Waals surface area contributed by atoms with Gasteiger partial charge in [0.2, 0.25) is 0 Å². The highest BCUT2D eigenvalue weighted by molar-refractivity contribution is 5.87. The highest BCUT2D eigenvalue weighted by atomic mass is 16.5. The number of Topliss-reactive ketones (excluding diaryl/α,β-unsaturated/α-hetero) is 1. The van der Waals surface area contributed by atoms with Gasteiger partial charge < -0.3 is 9.47 Å². The fraction of sp³-hybridized carbons (Fsp3) is 0.222. The largest absolute Gasteiger partial charge is 0.496 e. The van der Waals surface area contributed by atoms with Crippen LogP contribution in [0.1, 0.15) is 17.5 Å². The first-order chi connectivity index (χ1) is 14.7. The molecule has 0 fully saturated rings. The predicted molar refractivity (Wildman–Crippen MR) is 122 cm³/mol. The summed E-state index contributed by atoms with van der Waals surface area (Å²) in [5.41, 5.74) is 2.10. The van der Waals surface area contributed by atoms with E-state index in [1.165, 1.54) is 5.39 Å². The van der Waals surface area contributed by atoms with Crippen LogP contribution in [0.2, 0.25) is 0 Å². The molecule has 4 aromatic carbocycles. The summed E-state index contributed by atoms with van der Waals surface area (Å²) < 4.78 is 11.3. The Bertz CT molecular complexity index is 1180. The van der Waals surface area contributed by atoms with Gasteiger partial charge in [-0.3, -0.25) is 4.79 Å². The van der Waals surface area contributed by atoms with Gasteiger partial charge in [0.25, 0.3) is 0 Å². The topological polar surface area (TPSA) is 35.5 Å². The molecular formula is C27H26O3. The molecule has 0 saturated carbocycles. The highest BCUT2D eigenvalue weighted by Gasteiger charge is 2.17. The fourth-order valence-electron chi connectivity index (χ4n) is 4.00. The Morgan fingerprint density at radius 3 is 2.10 bits per heavy atom. The van der Waals surface area contributed by atoms with E-state index in [2.05, 4.69) is 42.5 Å². The molecule has 3 heteroatoms. The molecule has 0 saturated heterocycles. The van der Waals surface area contributed by atoms with Crippen molar-refractivity contribution >= 4 is 27.3 Å². The summed E-state index contributed by atoms with van der Waals surface area (Å²) in [5.74, 6) is 1.01. The molecule has 0 spiro atoms. The molecule has 3 nitrogen and oxygen atoms in total. The molecule has 0 aromatic heterocycles.